The van der Waals surface area contributed by atoms with Crippen LogP contribution in [0.5, 0.6) is 0 Å². The fourth-order valence-electron chi connectivity index (χ4n) is 2.98. The van der Waals surface area contributed by atoms with Gasteiger partial charge in [-0.1, -0.05) is 13.3 Å². The van der Waals surface area contributed by atoms with Gasteiger partial charge in [0.1, 0.15) is 0 Å². The van der Waals surface area contributed by atoms with Gasteiger partial charge in [0.25, 0.3) is 0 Å². The van der Waals surface area contributed by atoms with Crippen LogP contribution in [0.25, 0.3) is 0 Å². The summed E-state index contributed by atoms with van der Waals surface area (Å²) in [7, 11) is 0. The van der Waals surface area contributed by atoms with E-state index < -0.39 is 5.97 Å². The monoisotopic (exact) mass is 279 g/mol. The molecule has 0 saturated carbocycles. The highest BCUT2D eigenvalue weighted by atomic mass is 16.4. The summed E-state index contributed by atoms with van der Waals surface area (Å²) < 4.78 is 2.00. The van der Waals surface area contributed by atoms with Gasteiger partial charge in [0.15, 0.2) is 0 Å². The summed E-state index contributed by atoms with van der Waals surface area (Å²) >= 11 is 0. The van der Waals surface area contributed by atoms with Crippen LogP contribution in [0.2, 0.25) is 0 Å². The van der Waals surface area contributed by atoms with Crippen LogP contribution in [0, 0.1) is 6.92 Å². The van der Waals surface area contributed by atoms with E-state index in [0.717, 1.165) is 51.0 Å². The van der Waals surface area contributed by atoms with E-state index in [9.17, 15) is 4.79 Å². The van der Waals surface area contributed by atoms with E-state index in [1.807, 2.05) is 11.6 Å². The number of aliphatic carboxylic acids is 1. The second-order valence-corrected chi connectivity index (χ2v) is 5.72. The number of hydrogen-bond acceptors (Lipinski definition) is 3. The number of carbonyl (C=O) groups is 1. The third kappa shape index (κ3) is 3.82. The summed E-state index contributed by atoms with van der Waals surface area (Å²) in [6.45, 7) is 6.95. The molecule has 5 nitrogen and oxygen atoms in total. The molecule has 0 unspecified atom stereocenters. The Balaban J connectivity index is 2.04. The average Bonchev–Trinajstić information content (AvgIpc) is 2.72. The molecule has 0 aromatic carbocycles. The van der Waals surface area contributed by atoms with Gasteiger partial charge >= 0.3 is 5.97 Å². The van der Waals surface area contributed by atoms with Gasteiger partial charge in [-0.25, -0.2) is 0 Å². The summed E-state index contributed by atoms with van der Waals surface area (Å²) in [6.07, 6.45) is 6.74. The Hall–Kier alpha value is -1.36. The molecule has 1 aromatic heterocycles. The highest BCUT2D eigenvalue weighted by molar-refractivity contribution is 5.67. The van der Waals surface area contributed by atoms with E-state index in [4.69, 9.17) is 5.11 Å². The molecule has 1 N–H and O–H groups in total. The highest BCUT2D eigenvalue weighted by Crippen LogP contribution is 2.22. The molecule has 2 heterocycles. The Bertz CT molecular complexity index is 456. The topological polar surface area (TPSA) is 58.4 Å². The molecular formula is C15H25N3O2. The summed E-state index contributed by atoms with van der Waals surface area (Å²) in [4.78, 5) is 13.3. The molecule has 1 aliphatic rings. The maximum atomic E-state index is 11.0. The maximum Gasteiger partial charge on any atom is 0.304 e. The third-order valence-electron chi connectivity index (χ3n) is 4.03. The van der Waals surface area contributed by atoms with Crippen LogP contribution in [0.4, 0.5) is 0 Å². The molecular weight excluding hydrogens is 254 g/mol. The summed E-state index contributed by atoms with van der Waals surface area (Å²) in [5, 5.41) is 13.6. The predicted octanol–water partition coefficient (Wildman–Crippen LogP) is 2.43. The fourth-order valence-corrected chi connectivity index (χ4v) is 2.98. The molecule has 1 atom stereocenters. The van der Waals surface area contributed by atoms with E-state index in [1.165, 1.54) is 5.56 Å². The molecule has 112 valence electrons. The number of hydrogen-bond donors (Lipinski definition) is 1. The molecule has 1 fully saturated rings. The largest absolute Gasteiger partial charge is 0.481 e. The van der Waals surface area contributed by atoms with Crippen molar-refractivity contribution >= 4 is 5.97 Å². The minimum absolute atomic E-state index is 0.176. The van der Waals surface area contributed by atoms with Gasteiger partial charge in [-0.15, -0.1) is 0 Å². The zero-order chi connectivity index (χ0) is 14.5. The molecule has 0 aliphatic carbocycles. The number of carboxylic acids is 1. The second kappa shape index (κ2) is 6.88. The average molecular weight is 279 g/mol. The molecule has 1 aromatic rings. The lowest BCUT2D eigenvalue weighted by molar-refractivity contribution is -0.138. The Morgan fingerprint density at radius 1 is 1.50 bits per heavy atom. The van der Waals surface area contributed by atoms with E-state index >= 15 is 0 Å². The SMILES string of the molecule is CCCn1cc(CN2CCCC[C@@H]2CC(=O)O)c(C)n1. The van der Waals surface area contributed by atoms with Gasteiger partial charge in [0.2, 0.25) is 0 Å². The second-order valence-electron chi connectivity index (χ2n) is 5.72. The van der Waals surface area contributed by atoms with Crippen molar-refractivity contribution in [2.75, 3.05) is 6.54 Å². The molecule has 0 amide bonds. The fraction of sp³-hybridized carbons (Fsp3) is 0.733. The van der Waals surface area contributed by atoms with Gasteiger partial charge in [-0.3, -0.25) is 14.4 Å². The van der Waals surface area contributed by atoms with Crippen LogP contribution in [0.15, 0.2) is 6.20 Å². The lowest BCUT2D eigenvalue weighted by Crippen LogP contribution is -2.40. The Morgan fingerprint density at radius 3 is 3.00 bits per heavy atom. The molecule has 0 spiro atoms. The zero-order valence-electron chi connectivity index (χ0n) is 12.5. The van der Waals surface area contributed by atoms with Crippen molar-refractivity contribution in [3.8, 4) is 0 Å². The highest BCUT2D eigenvalue weighted by Gasteiger charge is 2.25. The molecule has 0 radical (unpaired) electrons. The minimum Gasteiger partial charge on any atom is -0.481 e. The number of nitrogens with zero attached hydrogens (tertiary/aromatic N) is 3. The van der Waals surface area contributed by atoms with E-state index in [-0.39, 0.29) is 12.5 Å². The first-order valence-corrected chi connectivity index (χ1v) is 7.59. The number of likely N-dealkylation sites (tertiary alicyclic amines) is 1. The van der Waals surface area contributed by atoms with Crippen molar-refractivity contribution in [1.82, 2.24) is 14.7 Å². The van der Waals surface area contributed by atoms with Crippen molar-refractivity contribution in [2.45, 2.75) is 65.1 Å². The number of rotatable bonds is 6. The Morgan fingerprint density at radius 2 is 2.30 bits per heavy atom. The minimum atomic E-state index is -0.694. The first-order chi connectivity index (χ1) is 9.60. The van der Waals surface area contributed by atoms with Gasteiger partial charge in [-0.2, -0.15) is 5.10 Å². The van der Waals surface area contributed by atoms with Gasteiger partial charge in [0, 0.05) is 30.9 Å². The van der Waals surface area contributed by atoms with Crippen LogP contribution < -0.4 is 0 Å². The molecule has 20 heavy (non-hydrogen) atoms. The molecule has 5 heteroatoms. The van der Waals surface area contributed by atoms with Crippen molar-refractivity contribution in [3.05, 3.63) is 17.5 Å². The van der Waals surface area contributed by atoms with E-state index in [0.29, 0.717) is 0 Å². The standard InChI is InChI=1S/C15H25N3O2/c1-3-7-18-11-13(12(2)16-18)10-17-8-5-4-6-14(17)9-15(19)20/h11,14H,3-10H2,1-2H3,(H,19,20)/t14-/m1/s1. The third-order valence-corrected chi connectivity index (χ3v) is 4.03. The predicted molar refractivity (Wildman–Crippen MR) is 77.6 cm³/mol. The van der Waals surface area contributed by atoms with Crippen LogP contribution in [0.1, 0.15) is 50.3 Å². The smallest absolute Gasteiger partial charge is 0.304 e. The van der Waals surface area contributed by atoms with Crippen LogP contribution >= 0.6 is 0 Å². The number of carboxylic acid groups (broad SMARTS) is 1. The van der Waals surface area contributed by atoms with Crippen molar-refractivity contribution in [2.24, 2.45) is 0 Å². The Labute approximate surface area is 120 Å². The summed E-state index contributed by atoms with van der Waals surface area (Å²) in [5.74, 6) is -0.694. The number of aryl methyl sites for hydroxylation is 2. The Kier molecular flexibility index (Phi) is 5.17. The lowest BCUT2D eigenvalue weighted by Gasteiger charge is -2.34. The van der Waals surface area contributed by atoms with Crippen LogP contribution in [-0.4, -0.2) is 38.3 Å². The van der Waals surface area contributed by atoms with Crippen LogP contribution in [0.3, 0.4) is 0 Å². The quantitative estimate of drug-likeness (QED) is 0.869. The van der Waals surface area contributed by atoms with Gasteiger partial charge in [-0.05, 0) is 32.7 Å². The van der Waals surface area contributed by atoms with Gasteiger partial charge in [0.05, 0.1) is 12.1 Å². The van der Waals surface area contributed by atoms with Crippen LogP contribution in [-0.2, 0) is 17.9 Å². The first-order valence-electron chi connectivity index (χ1n) is 7.59. The normalized spacial score (nSPS) is 20.2. The van der Waals surface area contributed by atoms with Crippen molar-refractivity contribution in [1.29, 1.82) is 0 Å². The zero-order valence-corrected chi connectivity index (χ0v) is 12.5. The first kappa shape index (κ1) is 15.0. The molecule has 0 bridgehead atoms. The number of piperidine rings is 1. The van der Waals surface area contributed by atoms with Gasteiger partial charge < -0.3 is 5.11 Å². The lowest BCUT2D eigenvalue weighted by atomic mass is 9.98. The van der Waals surface area contributed by atoms with Crippen molar-refractivity contribution < 1.29 is 9.90 Å². The number of aromatic nitrogens is 2. The van der Waals surface area contributed by atoms with E-state index in [1.54, 1.807) is 0 Å². The molecule has 2 rings (SSSR count). The maximum absolute atomic E-state index is 11.0. The van der Waals surface area contributed by atoms with E-state index in [2.05, 4.69) is 23.1 Å². The summed E-state index contributed by atoms with van der Waals surface area (Å²) in [5.41, 5.74) is 2.30. The molecule has 1 saturated heterocycles. The summed E-state index contributed by atoms with van der Waals surface area (Å²) in [6, 6.07) is 0.176. The molecule has 1 aliphatic heterocycles. The van der Waals surface area contributed by atoms with Crippen molar-refractivity contribution in [3.63, 3.8) is 0 Å².